The molecular formula is C18H25NO4. The third kappa shape index (κ3) is 4.47. The SMILES string of the molecule is CC(C)(C)OC(=O)C1(Cc2ccccc2)CCN(C(=O)O)CC1. The zero-order chi connectivity index (χ0) is 17.1. The van der Waals surface area contributed by atoms with Gasteiger partial charge in [-0.2, -0.15) is 0 Å². The van der Waals surface area contributed by atoms with E-state index < -0.39 is 17.1 Å². The molecule has 2 rings (SSSR count). The minimum Gasteiger partial charge on any atom is -0.465 e. The van der Waals surface area contributed by atoms with Crippen molar-refractivity contribution < 1.29 is 19.4 Å². The Balaban J connectivity index is 2.21. The van der Waals surface area contributed by atoms with Crippen molar-refractivity contribution in [2.75, 3.05) is 13.1 Å². The van der Waals surface area contributed by atoms with Crippen LogP contribution in [-0.2, 0) is 16.0 Å². The lowest BCUT2D eigenvalue weighted by atomic mass is 9.73. The molecule has 0 radical (unpaired) electrons. The number of ether oxygens (including phenoxy) is 1. The molecule has 0 aliphatic carbocycles. The van der Waals surface area contributed by atoms with Gasteiger partial charge in [0.15, 0.2) is 0 Å². The Morgan fingerprint density at radius 2 is 1.74 bits per heavy atom. The number of carboxylic acid groups (broad SMARTS) is 1. The molecule has 0 unspecified atom stereocenters. The first kappa shape index (κ1) is 17.3. The van der Waals surface area contributed by atoms with Gasteiger partial charge in [-0.3, -0.25) is 4.79 Å². The van der Waals surface area contributed by atoms with Gasteiger partial charge in [-0.05, 0) is 45.6 Å². The molecule has 23 heavy (non-hydrogen) atoms. The quantitative estimate of drug-likeness (QED) is 0.868. The van der Waals surface area contributed by atoms with Crippen molar-refractivity contribution in [2.24, 2.45) is 5.41 Å². The van der Waals surface area contributed by atoms with E-state index in [-0.39, 0.29) is 5.97 Å². The fourth-order valence-corrected chi connectivity index (χ4v) is 2.95. The summed E-state index contributed by atoms with van der Waals surface area (Å²) in [5.74, 6) is -0.223. The number of carbonyl (C=O) groups is 2. The molecule has 0 bridgehead atoms. The minimum atomic E-state index is -0.928. The summed E-state index contributed by atoms with van der Waals surface area (Å²) < 4.78 is 5.64. The van der Waals surface area contributed by atoms with Crippen LogP contribution in [0.2, 0.25) is 0 Å². The lowest BCUT2D eigenvalue weighted by Crippen LogP contribution is -2.49. The summed E-state index contributed by atoms with van der Waals surface area (Å²) in [4.78, 5) is 25.3. The fourth-order valence-electron chi connectivity index (χ4n) is 2.95. The van der Waals surface area contributed by atoms with E-state index in [0.29, 0.717) is 32.4 Å². The summed E-state index contributed by atoms with van der Waals surface area (Å²) in [6.07, 6.45) is 0.630. The van der Waals surface area contributed by atoms with Crippen molar-refractivity contribution in [3.63, 3.8) is 0 Å². The third-order valence-corrected chi connectivity index (χ3v) is 4.21. The number of carbonyl (C=O) groups excluding carboxylic acids is 1. The molecule has 1 saturated heterocycles. The predicted molar refractivity (Wildman–Crippen MR) is 87.3 cm³/mol. The van der Waals surface area contributed by atoms with Crippen LogP contribution in [0.5, 0.6) is 0 Å². The Bertz CT molecular complexity index is 554. The molecule has 1 aliphatic rings. The van der Waals surface area contributed by atoms with Gasteiger partial charge in [0.2, 0.25) is 0 Å². The van der Waals surface area contributed by atoms with E-state index in [2.05, 4.69) is 0 Å². The maximum Gasteiger partial charge on any atom is 0.407 e. The van der Waals surface area contributed by atoms with Crippen molar-refractivity contribution in [2.45, 2.75) is 45.6 Å². The van der Waals surface area contributed by atoms with Crippen LogP contribution in [0, 0.1) is 5.41 Å². The molecule has 0 spiro atoms. The van der Waals surface area contributed by atoms with Gasteiger partial charge >= 0.3 is 12.1 Å². The topological polar surface area (TPSA) is 66.8 Å². The molecule has 0 aromatic heterocycles. The monoisotopic (exact) mass is 319 g/mol. The standard InChI is InChI=1S/C18H25NO4/c1-17(2,3)23-15(20)18(13-14-7-5-4-6-8-14)9-11-19(12-10-18)16(21)22/h4-8H,9-13H2,1-3H3,(H,21,22). The maximum atomic E-state index is 12.8. The molecule has 0 atom stereocenters. The number of amides is 1. The highest BCUT2D eigenvalue weighted by atomic mass is 16.6. The number of hydrogen-bond donors (Lipinski definition) is 1. The largest absolute Gasteiger partial charge is 0.465 e. The van der Waals surface area contributed by atoms with Gasteiger partial charge in [-0.25, -0.2) is 4.79 Å². The second kappa shape index (κ2) is 6.60. The van der Waals surface area contributed by atoms with Crippen molar-refractivity contribution in [1.82, 2.24) is 4.90 Å². The Morgan fingerprint density at radius 3 is 2.22 bits per heavy atom. The first-order chi connectivity index (χ1) is 10.7. The number of esters is 1. The van der Waals surface area contributed by atoms with E-state index in [9.17, 15) is 9.59 Å². The van der Waals surface area contributed by atoms with Crippen LogP contribution in [0.25, 0.3) is 0 Å². The minimum absolute atomic E-state index is 0.223. The second-order valence-corrected chi connectivity index (χ2v) is 7.21. The molecule has 1 aliphatic heterocycles. The molecule has 5 nitrogen and oxygen atoms in total. The van der Waals surface area contributed by atoms with Gasteiger partial charge in [0.25, 0.3) is 0 Å². The van der Waals surface area contributed by atoms with Crippen molar-refractivity contribution >= 4 is 12.1 Å². The van der Waals surface area contributed by atoms with E-state index in [1.807, 2.05) is 51.1 Å². The summed E-state index contributed by atoms with van der Waals surface area (Å²) in [6.45, 7) is 6.29. The van der Waals surface area contributed by atoms with E-state index >= 15 is 0 Å². The van der Waals surface area contributed by atoms with Gasteiger partial charge in [-0.1, -0.05) is 30.3 Å². The molecule has 0 saturated carbocycles. The Labute approximate surface area is 137 Å². The molecule has 5 heteroatoms. The van der Waals surface area contributed by atoms with Crippen LogP contribution in [0.15, 0.2) is 30.3 Å². The van der Waals surface area contributed by atoms with Crippen LogP contribution in [0.3, 0.4) is 0 Å². The highest BCUT2D eigenvalue weighted by molar-refractivity contribution is 5.78. The summed E-state index contributed by atoms with van der Waals surface area (Å²) in [7, 11) is 0. The van der Waals surface area contributed by atoms with E-state index in [1.165, 1.54) is 4.90 Å². The Morgan fingerprint density at radius 1 is 1.17 bits per heavy atom. The molecular weight excluding hydrogens is 294 g/mol. The van der Waals surface area contributed by atoms with Gasteiger partial charge in [0.05, 0.1) is 5.41 Å². The van der Waals surface area contributed by atoms with Crippen LogP contribution in [0.4, 0.5) is 4.79 Å². The van der Waals surface area contributed by atoms with E-state index in [4.69, 9.17) is 9.84 Å². The average molecular weight is 319 g/mol. The molecule has 1 aromatic rings. The molecule has 126 valence electrons. The molecule has 1 amide bonds. The summed E-state index contributed by atoms with van der Waals surface area (Å²) >= 11 is 0. The highest BCUT2D eigenvalue weighted by Gasteiger charge is 2.44. The number of piperidine rings is 1. The van der Waals surface area contributed by atoms with Crippen LogP contribution in [0.1, 0.15) is 39.2 Å². The van der Waals surface area contributed by atoms with Crippen molar-refractivity contribution in [1.29, 1.82) is 0 Å². The summed E-state index contributed by atoms with van der Waals surface area (Å²) in [6, 6.07) is 9.83. The van der Waals surface area contributed by atoms with E-state index in [1.54, 1.807) is 0 Å². The Hall–Kier alpha value is -2.04. The van der Waals surface area contributed by atoms with Crippen LogP contribution >= 0.6 is 0 Å². The molecule has 1 aromatic carbocycles. The van der Waals surface area contributed by atoms with Crippen LogP contribution < -0.4 is 0 Å². The number of hydrogen-bond acceptors (Lipinski definition) is 3. The average Bonchev–Trinajstić information content (AvgIpc) is 2.47. The summed E-state index contributed by atoms with van der Waals surface area (Å²) in [5.41, 5.74) is -0.132. The molecule has 1 heterocycles. The van der Waals surface area contributed by atoms with Gasteiger partial charge in [0.1, 0.15) is 5.60 Å². The zero-order valence-electron chi connectivity index (χ0n) is 14.0. The highest BCUT2D eigenvalue weighted by Crippen LogP contribution is 2.37. The van der Waals surface area contributed by atoms with Gasteiger partial charge in [-0.15, -0.1) is 0 Å². The predicted octanol–water partition coefficient (Wildman–Crippen LogP) is 3.33. The smallest absolute Gasteiger partial charge is 0.407 e. The lowest BCUT2D eigenvalue weighted by molar-refractivity contribution is -0.170. The normalized spacial score (nSPS) is 17.6. The number of nitrogens with zero attached hydrogens (tertiary/aromatic N) is 1. The summed E-state index contributed by atoms with van der Waals surface area (Å²) in [5, 5.41) is 9.13. The number of rotatable bonds is 3. The van der Waals surface area contributed by atoms with Crippen molar-refractivity contribution in [3.8, 4) is 0 Å². The number of benzene rings is 1. The fraction of sp³-hybridized carbons (Fsp3) is 0.556. The lowest BCUT2D eigenvalue weighted by Gasteiger charge is -2.40. The number of likely N-dealkylation sites (tertiary alicyclic amines) is 1. The first-order valence-electron chi connectivity index (χ1n) is 7.97. The van der Waals surface area contributed by atoms with Crippen molar-refractivity contribution in [3.05, 3.63) is 35.9 Å². The first-order valence-corrected chi connectivity index (χ1v) is 7.97. The second-order valence-electron chi connectivity index (χ2n) is 7.21. The zero-order valence-corrected chi connectivity index (χ0v) is 14.0. The Kier molecular flexibility index (Phi) is 4.97. The van der Waals surface area contributed by atoms with E-state index in [0.717, 1.165) is 5.56 Å². The maximum absolute atomic E-state index is 12.8. The van der Waals surface area contributed by atoms with Gasteiger partial charge < -0.3 is 14.7 Å². The molecule has 1 fully saturated rings. The third-order valence-electron chi connectivity index (χ3n) is 4.21. The van der Waals surface area contributed by atoms with Gasteiger partial charge in [0, 0.05) is 13.1 Å². The van der Waals surface area contributed by atoms with Crippen LogP contribution in [-0.4, -0.2) is 40.8 Å². The molecule has 1 N–H and O–H groups in total.